The van der Waals surface area contributed by atoms with Crippen LogP contribution in [0.1, 0.15) is 19.3 Å². The molecular weight excluding hydrogens is 377 g/mol. The highest BCUT2D eigenvalue weighted by Crippen LogP contribution is 2.36. The van der Waals surface area contributed by atoms with Gasteiger partial charge in [0, 0.05) is 26.7 Å². The van der Waals surface area contributed by atoms with Gasteiger partial charge in [-0.15, -0.1) is 24.8 Å². The number of likely N-dealkylation sites (N-methyl/N-ethyl adjacent to an activating group) is 1. The number of anilines is 1. The van der Waals surface area contributed by atoms with Gasteiger partial charge in [0.05, 0.1) is 12.9 Å². The van der Waals surface area contributed by atoms with E-state index in [1.807, 2.05) is 16.8 Å². The number of piperidine rings is 1. The van der Waals surface area contributed by atoms with Gasteiger partial charge in [-0.2, -0.15) is 0 Å². The van der Waals surface area contributed by atoms with E-state index >= 15 is 0 Å². The number of fused-ring (bicyclic) bond motifs is 1. The fourth-order valence-corrected chi connectivity index (χ4v) is 3.87. The number of imidazole rings is 1. The number of aromatic nitrogens is 4. The number of carbonyl (C=O) groups is 1. The molecule has 2 aromatic rings. The molecule has 0 aliphatic carbocycles. The lowest BCUT2D eigenvalue weighted by Crippen LogP contribution is -2.47. The van der Waals surface area contributed by atoms with E-state index in [1.165, 1.54) is 12.7 Å². The molecule has 2 N–H and O–H groups in total. The standard InChI is InChI=1S/C16H23N7O.2ClH/c1-22(15-13-14(19-10-18-13)20-11-21-15)8-12(24)23-6-3-16(4-7-23)2-5-17-9-16;;/h10-11,17H,2-9H2,1H3,(H,18,19,20,21);2*1H. The molecule has 26 heavy (non-hydrogen) atoms. The molecule has 144 valence electrons. The third kappa shape index (κ3) is 3.87. The predicted octanol–water partition coefficient (Wildman–Crippen LogP) is 1.23. The number of rotatable bonds is 3. The number of halogens is 2. The first-order valence-corrected chi connectivity index (χ1v) is 8.51. The van der Waals surface area contributed by atoms with Gasteiger partial charge in [-0.25, -0.2) is 15.0 Å². The van der Waals surface area contributed by atoms with Gasteiger partial charge >= 0.3 is 0 Å². The Labute approximate surface area is 165 Å². The minimum Gasteiger partial charge on any atom is -0.348 e. The summed E-state index contributed by atoms with van der Waals surface area (Å²) in [5.74, 6) is 0.865. The lowest BCUT2D eigenvalue weighted by atomic mass is 9.78. The van der Waals surface area contributed by atoms with Gasteiger partial charge in [-0.05, 0) is 31.2 Å². The van der Waals surface area contributed by atoms with Crippen LogP contribution in [0.5, 0.6) is 0 Å². The monoisotopic (exact) mass is 401 g/mol. The van der Waals surface area contributed by atoms with Crippen LogP contribution in [0, 0.1) is 5.41 Å². The molecule has 0 atom stereocenters. The smallest absolute Gasteiger partial charge is 0.242 e. The molecule has 2 aliphatic rings. The molecule has 0 aromatic carbocycles. The maximum absolute atomic E-state index is 12.7. The van der Waals surface area contributed by atoms with Crippen LogP contribution in [0.4, 0.5) is 5.82 Å². The molecule has 8 nitrogen and oxygen atoms in total. The molecule has 4 rings (SSSR count). The van der Waals surface area contributed by atoms with Crippen molar-refractivity contribution in [3.05, 3.63) is 12.7 Å². The molecule has 2 saturated heterocycles. The van der Waals surface area contributed by atoms with Crippen molar-refractivity contribution >= 4 is 47.7 Å². The maximum atomic E-state index is 12.7. The summed E-state index contributed by atoms with van der Waals surface area (Å²) in [7, 11) is 1.88. The first-order chi connectivity index (χ1) is 11.7. The number of nitrogens with one attached hydrogen (secondary N) is 2. The fourth-order valence-electron chi connectivity index (χ4n) is 3.87. The number of nitrogens with zero attached hydrogens (tertiary/aromatic N) is 5. The Kier molecular flexibility index (Phi) is 6.65. The third-order valence-electron chi connectivity index (χ3n) is 5.45. The van der Waals surface area contributed by atoms with Gasteiger partial charge in [0.25, 0.3) is 0 Å². The SMILES string of the molecule is CN(CC(=O)N1CCC2(CCNC2)CC1)c1ncnc2nc[nH]c12.Cl.Cl. The van der Waals surface area contributed by atoms with E-state index in [2.05, 4.69) is 25.3 Å². The Morgan fingerprint density at radius 1 is 1.23 bits per heavy atom. The first kappa shape index (κ1) is 20.7. The van der Waals surface area contributed by atoms with Gasteiger partial charge in [0.15, 0.2) is 11.5 Å². The molecule has 10 heteroatoms. The summed E-state index contributed by atoms with van der Waals surface area (Å²) >= 11 is 0. The molecule has 1 spiro atoms. The molecule has 2 aliphatic heterocycles. The Morgan fingerprint density at radius 2 is 2.00 bits per heavy atom. The minimum absolute atomic E-state index is 0. The Balaban J connectivity index is 0.00000121. The predicted molar refractivity (Wildman–Crippen MR) is 105 cm³/mol. The zero-order chi connectivity index (χ0) is 16.6. The van der Waals surface area contributed by atoms with Gasteiger partial charge < -0.3 is 20.1 Å². The van der Waals surface area contributed by atoms with Crippen molar-refractivity contribution in [1.29, 1.82) is 0 Å². The quantitative estimate of drug-likeness (QED) is 0.803. The third-order valence-corrected chi connectivity index (χ3v) is 5.45. The maximum Gasteiger partial charge on any atom is 0.242 e. The molecule has 2 aromatic heterocycles. The number of H-pyrrole nitrogens is 1. The summed E-state index contributed by atoms with van der Waals surface area (Å²) in [6, 6.07) is 0. The van der Waals surface area contributed by atoms with E-state index in [9.17, 15) is 4.79 Å². The lowest BCUT2D eigenvalue weighted by Gasteiger charge is -2.39. The molecule has 4 heterocycles. The first-order valence-electron chi connectivity index (χ1n) is 8.51. The summed E-state index contributed by atoms with van der Waals surface area (Å²) in [6.45, 7) is 4.25. The highest BCUT2D eigenvalue weighted by atomic mass is 35.5. The number of carbonyl (C=O) groups excluding carboxylic acids is 1. The minimum atomic E-state index is 0. The zero-order valence-electron chi connectivity index (χ0n) is 14.8. The largest absolute Gasteiger partial charge is 0.348 e. The van der Waals surface area contributed by atoms with Crippen LogP contribution in [0.25, 0.3) is 11.2 Å². The second-order valence-corrected chi connectivity index (χ2v) is 6.96. The van der Waals surface area contributed by atoms with Crippen molar-refractivity contribution < 1.29 is 4.79 Å². The van der Waals surface area contributed by atoms with Crippen molar-refractivity contribution in [2.24, 2.45) is 5.41 Å². The van der Waals surface area contributed by atoms with Crippen molar-refractivity contribution in [3.63, 3.8) is 0 Å². The summed E-state index contributed by atoms with van der Waals surface area (Å²) in [5.41, 5.74) is 1.81. The highest BCUT2D eigenvalue weighted by Gasteiger charge is 2.38. The van der Waals surface area contributed by atoms with Crippen LogP contribution in [0.3, 0.4) is 0 Å². The molecular formula is C16H25Cl2N7O. The van der Waals surface area contributed by atoms with Crippen molar-refractivity contribution in [1.82, 2.24) is 30.2 Å². The van der Waals surface area contributed by atoms with Crippen LogP contribution >= 0.6 is 24.8 Å². The second kappa shape index (κ2) is 8.37. The van der Waals surface area contributed by atoms with Crippen molar-refractivity contribution in [3.8, 4) is 0 Å². The van der Waals surface area contributed by atoms with E-state index < -0.39 is 0 Å². The highest BCUT2D eigenvalue weighted by molar-refractivity contribution is 5.87. The Hall–Kier alpha value is -1.64. The van der Waals surface area contributed by atoms with Crippen molar-refractivity contribution in [2.75, 3.05) is 44.7 Å². The average molecular weight is 402 g/mol. The van der Waals surface area contributed by atoms with Crippen LogP contribution in [0.2, 0.25) is 0 Å². The fraction of sp³-hybridized carbons (Fsp3) is 0.625. The molecule has 0 unspecified atom stereocenters. The van der Waals surface area contributed by atoms with E-state index in [4.69, 9.17) is 0 Å². The molecule has 2 fully saturated rings. The van der Waals surface area contributed by atoms with Crippen molar-refractivity contribution in [2.45, 2.75) is 19.3 Å². The summed E-state index contributed by atoms with van der Waals surface area (Å²) < 4.78 is 0. The van der Waals surface area contributed by atoms with Gasteiger partial charge in [0.1, 0.15) is 11.8 Å². The summed E-state index contributed by atoms with van der Waals surface area (Å²) in [4.78, 5) is 32.1. The van der Waals surface area contributed by atoms with Gasteiger partial charge in [0.2, 0.25) is 5.91 Å². The van der Waals surface area contributed by atoms with Crippen LogP contribution in [0.15, 0.2) is 12.7 Å². The van der Waals surface area contributed by atoms with E-state index in [-0.39, 0.29) is 30.7 Å². The summed E-state index contributed by atoms with van der Waals surface area (Å²) in [5, 5.41) is 3.46. The second-order valence-electron chi connectivity index (χ2n) is 6.96. The number of likely N-dealkylation sites (tertiary alicyclic amines) is 1. The average Bonchev–Trinajstić information content (AvgIpc) is 3.24. The number of aromatic amines is 1. The van der Waals surface area contributed by atoms with Crippen LogP contribution in [-0.2, 0) is 4.79 Å². The zero-order valence-corrected chi connectivity index (χ0v) is 16.4. The summed E-state index contributed by atoms with van der Waals surface area (Å²) in [6.07, 6.45) is 6.53. The topological polar surface area (TPSA) is 90.0 Å². The van der Waals surface area contributed by atoms with Gasteiger partial charge in [-0.1, -0.05) is 0 Å². The van der Waals surface area contributed by atoms with E-state index in [1.54, 1.807) is 6.33 Å². The van der Waals surface area contributed by atoms with E-state index in [0.29, 0.717) is 23.4 Å². The number of hydrogen-bond donors (Lipinski definition) is 2. The molecule has 0 radical (unpaired) electrons. The Morgan fingerprint density at radius 3 is 2.69 bits per heavy atom. The molecule has 0 bridgehead atoms. The van der Waals surface area contributed by atoms with Crippen LogP contribution in [-0.4, -0.2) is 70.5 Å². The lowest BCUT2D eigenvalue weighted by molar-refractivity contribution is -0.131. The van der Waals surface area contributed by atoms with Crippen LogP contribution < -0.4 is 10.2 Å². The Bertz CT molecular complexity index is 737. The number of amides is 1. The molecule has 0 saturated carbocycles. The normalized spacial score (nSPS) is 18.4. The molecule has 1 amide bonds. The van der Waals surface area contributed by atoms with E-state index in [0.717, 1.165) is 44.5 Å². The van der Waals surface area contributed by atoms with Gasteiger partial charge in [-0.3, -0.25) is 4.79 Å². The number of hydrogen-bond acceptors (Lipinski definition) is 6.